The van der Waals surface area contributed by atoms with Crippen molar-refractivity contribution in [3.05, 3.63) is 12.7 Å². The van der Waals surface area contributed by atoms with Crippen molar-refractivity contribution in [1.82, 2.24) is 10.2 Å². The van der Waals surface area contributed by atoms with E-state index < -0.39 is 12.0 Å². The number of amides is 2. The summed E-state index contributed by atoms with van der Waals surface area (Å²) in [6, 6.07) is -0.944. The van der Waals surface area contributed by atoms with Crippen LogP contribution in [0.15, 0.2) is 12.7 Å². The number of carbonyl (C=O) groups is 2. The molecule has 0 aromatic carbocycles. The highest BCUT2D eigenvalue weighted by Crippen LogP contribution is 2.25. The monoisotopic (exact) mass is 300 g/mol. The Morgan fingerprint density at radius 2 is 2.30 bits per heavy atom. The van der Waals surface area contributed by atoms with E-state index in [2.05, 4.69) is 18.8 Å². The highest BCUT2D eigenvalue weighted by atomic mass is 32.2. The second-order valence-corrected chi connectivity index (χ2v) is 6.09. The van der Waals surface area contributed by atoms with Crippen molar-refractivity contribution in [2.45, 2.75) is 32.2 Å². The minimum Gasteiger partial charge on any atom is -0.480 e. The fourth-order valence-electron chi connectivity index (χ4n) is 2.38. The number of aliphatic carboxylic acids is 1. The smallest absolute Gasteiger partial charge is 0.326 e. The molecule has 1 saturated heterocycles. The Hall–Kier alpha value is -1.17. The zero-order chi connectivity index (χ0) is 15.0. The molecule has 2 unspecified atom stereocenters. The maximum absolute atomic E-state index is 12.1. The minimum absolute atomic E-state index is 0.258. The molecule has 0 aromatic heterocycles. The van der Waals surface area contributed by atoms with Crippen molar-refractivity contribution in [1.29, 1.82) is 0 Å². The SMILES string of the molecule is C=CCSCCNC(=O)N1CCC(CC)CC1C(=O)O. The highest BCUT2D eigenvalue weighted by Gasteiger charge is 2.35. The van der Waals surface area contributed by atoms with Crippen LogP contribution in [0.4, 0.5) is 4.79 Å². The van der Waals surface area contributed by atoms with E-state index in [-0.39, 0.29) is 6.03 Å². The van der Waals surface area contributed by atoms with Gasteiger partial charge in [-0.15, -0.1) is 6.58 Å². The summed E-state index contributed by atoms with van der Waals surface area (Å²) in [7, 11) is 0. The molecule has 1 rings (SSSR count). The minimum atomic E-state index is -0.903. The van der Waals surface area contributed by atoms with Gasteiger partial charge in [0, 0.05) is 24.6 Å². The molecule has 0 radical (unpaired) electrons. The van der Waals surface area contributed by atoms with Crippen LogP contribution < -0.4 is 5.32 Å². The summed E-state index contributed by atoms with van der Waals surface area (Å²) in [6.45, 7) is 6.78. The van der Waals surface area contributed by atoms with Crippen LogP contribution in [0, 0.1) is 5.92 Å². The third kappa shape index (κ3) is 5.07. The second kappa shape index (κ2) is 8.89. The second-order valence-electron chi connectivity index (χ2n) is 4.94. The number of carboxylic acids is 1. The zero-order valence-electron chi connectivity index (χ0n) is 12.0. The van der Waals surface area contributed by atoms with Crippen molar-refractivity contribution in [2.24, 2.45) is 5.92 Å². The van der Waals surface area contributed by atoms with Gasteiger partial charge in [-0.1, -0.05) is 19.4 Å². The first kappa shape index (κ1) is 16.9. The van der Waals surface area contributed by atoms with E-state index in [1.54, 1.807) is 11.8 Å². The van der Waals surface area contributed by atoms with E-state index in [0.717, 1.165) is 24.3 Å². The number of piperidine rings is 1. The molecule has 5 nitrogen and oxygen atoms in total. The van der Waals surface area contributed by atoms with Crippen LogP contribution in [0.2, 0.25) is 0 Å². The lowest BCUT2D eigenvalue weighted by atomic mass is 9.89. The lowest BCUT2D eigenvalue weighted by molar-refractivity contribution is -0.144. The van der Waals surface area contributed by atoms with Gasteiger partial charge in [0.1, 0.15) is 6.04 Å². The highest BCUT2D eigenvalue weighted by molar-refractivity contribution is 7.99. The molecule has 2 amide bonds. The standard InChI is InChI=1S/C14H24N2O3S/c1-3-8-20-9-6-15-14(19)16-7-5-11(4-2)10-12(16)13(17)18/h3,11-12H,1,4-10H2,2H3,(H,15,19)(H,17,18). The number of rotatable bonds is 7. The Labute approximate surface area is 124 Å². The number of thioether (sulfide) groups is 1. The van der Waals surface area contributed by atoms with Gasteiger partial charge in [-0.05, 0) is 18.8 Å². The Balaban J connectivity index is 2.44. The Kier molecular flexibility index (Phi) is 7.51. The molecule has 0 bridgehead atoms. The third-order valence-electron chi connectivity index (χ3n) is 3.59. The number of nitrogens with zero attached hydrogens (tertiary/aromatic N) is 1. The van der Waals surface area contributed by atoms with E-state index in [1.165, 1.54) is 4.90 Å². The fourth-order valence-corrected chi connectivity index (χ4v) is 2.96. The molecule has 6 heteroatoms. The number of nitrogens with one attached hydrogen (secondary N) is 1. The van der Waals surface area contributed by atoms with Crippen LogP contribution in [0.1, 0.15) is 26.2 Å². The van der Waals surface area contributed by atoms with Gasteiger partial charge in [0.2, 0.25) is 0 Å². The normalized spacial score (nSPS) is 22.4. The topological polar surface area (TPSA) is 69.6 Å². The van der Waals surface area contributed by atoms with Crippen LogP contribution in [-0.2, 0) is 4.79 Å². The van der Waals surface area contributed by atoms with Crippen LogP contribution in [0.25, 0.3) is 0 Å². The van der Waals surface area contributed by atoms with Crippen molar-refractivity contribution >= 4 is 23.8 Å². The fraction of sp³-hybridized carbons (Fsp3) is 0.714. The maximum atomic E-state index is 12.1. The summed E-state index contributed by atoms with van der Waals surface area (Å²) in [5.74, 6) is 1.17. The molecule has 2 N–H and O–H groups in total. The summed E-state index contributed by atoms with van der Waals surface area (Å²) in [6.07, 6.45) is 4.24. The molecule has 114 valence electrons. The largest absolute Gasteiger partial charge is 0.480 e. The summed E-state index contributed by atoms with van der Waals surface area (Å²) in [5.41, 5.74) is 0. The predicted molar refractivity (Wildman–Crippen MR) is 82.1 cm³/mol. The first-order valence-corrected chi connectivity index (χ1v) is 8.21. The zero-order valence-corrected chi connectivity index (χ0v) is 12.8. The van der Waals surface area contributed by atoms with Gasteiger partial charge in [-0.2, -0.15) is 11.8 Å². The molecular formula is C14H24N2O3S. The molecule has 0 spiro atoms. The summed E-state index contributed by atoms with van der Waals surface area (Å²) in [4.78, 5) is 24.8. The quantitative estimate of drug-likeness (QED) is 0.558. The van der Waals surface area contributed by atoms with Gasteiger partial charge in [0.25, 0.3) is 0 Å². The maximum Gasteiger partial charge on any atom is 0.326 e. The molecule has 20 heavy (non-hydrogen) atoms. The third-order valence-corrected chi connectivity index (χ3v) is 4.56. The van der Waals surface area contributed by atoms with Crippen molar-refractivity contribution in [2.75, 3.05) is 24.6 Å². The summed E-state index contributed by atoms with van der Waals surface area (Å²) >= 11 is 1.69. The van der Waals surface area contributed by atoms with Crippen LogP contribution >= 0.6 is 11.8 Å². The van der Waals surface area contributed by atoms with E-state index in [4.69, 9.17) is 0 Å². The van der Waals surface area contributed by atoms with Gasteiger partial charge in [0.05, 0.1) is 0 Å². The Bertz CT molecular complexity index is 349. The van der Waals surface area contributed by atoms with Gasteiger partial charge >= 0.3 is 12.0 Å². The molecule has 0 aromatic rings. The number of carbonyl (C=O) groups excluding carboxylic acids is 1. The van der Waals surface area contributed by atoms with Crippen LogP contribution in [0.5, 0.6) is 0 Å². The number of hydrogen-bond acceptors (Lipinski definition) is 3. The molecule has 0 saturated carbocycles. The van der Waals surface area contributed by atoms with Crippen molar-refractivity contribution in [3.63, 3.8) is 0 Å². The van der Waals surface area contributed by atoms with E-state index in [9.17, 15) is 14.7 Å². The van der Waals surface area contributed by atoms with Gasteiger partial charge < -0.3 is 15.3 Å². The van der Waals surface area contributed by atoms with Crippen molar-refractivity contribution in [3.8, 4) is 0 Å². The number of likely N-dealkylation sites (tertiary alicyclic amines) is 1. The molecule has 1 aliphatic heterocycles. The molecular weight excluding hydrogens is 276 g/mol. The molecule has 1 aliphatic rings. The number of carboxylic acid groups (broad SMARTS) is 1. The average molecular weight is 300 g/mol. The van der Waals surface area contributed by atoms with Crippen molar-refractivity contribution < 1.29 is 14.7 Å². The molecule has 2 atom stereocenters. The van der Waals surface area contributed by atoms with Gasteiger partial charge in [-0.3, -0.25) is 0 Å². The molecule has 1 heterocycles. The van der Waals surface area contributed by atoms with Crippen LogP contribution in [-0.4, -0.2) is 52.6 Å². The lowest BCUT2D eigenvalue weighted by Gasteiger charge is -2.36. The van der Waals surface area contributed by atoms with E-state index in [1.807, 2.05) is 6.08 Å². The van der Waals surface area contributed by atoms with E-state index in [0.29, 0.717) is 25.4 Å². The molecule has 0 aliphatic carbocycles. The number of urea groups is 1. The van der Waals surface area contributed by atoms with E-state index >= 15 is 0 Å². The number of hydrogen-bond donors (Lipinski definition) is 2. The predicted octanol–water partition coefficient (Wildman–Crippen LogP) is 2.19. The molecule has 1 fully saturated rings. The lowest BCUT2D eigenvalue weighted by Crippen LogP contribution is -2.53. The summed E-state index contributed by atoms with van der Waals surface area (Å²) in [5, 5.41) is 12.1. The van der Waals surface area contributed by atoms with Crippen LogP contribution in [0.3, 0.4) is 0 Å². The Morgan fingerprint density at radius 1 is 1.55 bits per heavy atom. The average Bonchev–Trinajstić information content (AvgIpc) is 2.46. The Morgan fingerprint density at radius 3 is 2.90 bits per heavy atom. The first-order chi connectivity index (χ1) is 9.60. The first-order valence-electron chi connectivity index (χ1n) is 7.06. The van der Waals surface area contributed by atoms with Gasteiger partial charge in [0.15, 0.2) is 0 Å². The summed E-state index contributed by atoms with van der Waals surface area (Å²) < 4.78 is 0. The van der Waals surface area contributed by atoms with Gasteiger partial charge in [-0.25, -0.2) is 9.59 Å².